The molecule has 0 aliphatic carbocycles. The summed E-state index contributed by atoms with van der Waals surface area (Å²) < 4.78 is 15.6. The first-order valence-corrected chi connectivity index (χ1v) is 6.25. The van der Waals surface area contributed by atoms with Crippen LogP contribution >= 0.6 is 0 Å². The predicted molar refractivity (Wildman–Crippen MR) is 61.9 cm³/mol. The SMILES string of the molecule is CC1(OC(=O)CN2CCOCC2)CCC(=O)OC1. The molecule has 0 amide bonds. The molecule has 0 spiro atoms. The lowest BCUT2D eigenvalue weighted by Gasteiger charge is -2.33. The summed E-state index contributed by atoms with van der Waals surface area (Å²) in [5, 5.41) is 0. The fraction of sp³-hybridized carbons (Fsp3) is 0.833. The van der Waals surface area contributed by atoms with Gasteiger partial charge in [-0.2, -0.15) is 0 Å². The third kappa shape index (κ3) is 3.68. The highest BCUT2D eigenvalue weighted by Crippen LogP contribution is 2.23. The van der Waals surface area contributed by atoms with Gasteiger partial charge < -0.3 is 14.2 Å². The summed E-state index contributed by atoms with van der Waals surface area (Å²) in [6.45, 7) is 5.04. The minimum Gasteiger partial charge on any atom is -0.461 e. The van der Waals surface area contributed by atoms with E-state index in [0.29, 0.717) is 26.1 Å². The van der Waals surface area contributed by atoms with Crippen LogP contribution in [0.4, 0.5) is 0 Å². The van der Waals surface area contributed by atoms with Crippen LogP contribution in [0.3, 0.4) is 0 Å². The van der Waals surface area contributed by atoms with E-state index in [1.165, 1.54) is 0 Å². The second-order valence-electron chi connectivity index (χ2n) is 4.97. The van der Waals surface area contributed by atoms with Crippen LogP contribution in [0.15, 0.2) is 0 Å². The molecule has 0 bridgehead atoms. The fourth-order valence-corrected chi connectivity index (χ4v) is 2.07. The maximum atomic E-state index is 11.8. The van der Waals surface area contributed by atoms with Crippen LogP contribution in [0.1, 0.15) is 19.8 Å². The molecule has 2 fully saturated rings. The lowest BCUT2D eigenvalue weighted by Crippen LogP contribution is -2.45. The number of rotatable bonds is 3. The van der Waals surface area contributed by atoms with E-state index in [1.54, 1.807) is 6.92 Å². The van der Waals surface area contributed by atoms with Crippen LogP contribution in [0.2, 0.25) is 0 Å². The van der Waals surface area contributed by atoms with Gasteiger partial charge in [-0.05, 0) is 6.92 Å². The van der Waals surface area contributed by atoms with E-state index in [1.807, 2.05) is 4.90 Å². The van der Waals surface area contributed by atoms with Gasteiger partial charge in [0.2, 0.25) is 0 Å². The highest BCUT2D eigenvalue weighted by molar-refractivity contribution is 5.73. The number of ether oxygens (including phenoxy) is 3. The number of esters is 2. The van der Waals surface area contributed by atoms with Crippen molar-refractivity contribution in [1.82, 2.24) is 4.90 Å². The molecule has 2 heterocycles. The highest BCUT2D eigenvalue weighted by Gasteiger charge is 2.35. The number of hydrogen-bond acceptors (Lipinski definition) is 6. The molecule has 0 radical (unpaired) electrons. The minimum atomic E-state index is -0.669. The van der Waals surface area contributed by atoms with E-state index < -0.39 is 5.60 Å². The summed E-state index contributed by atoms with van der Waals surface area (Å²) in [5.74, 6) is -0.492. The first-order valence-electron chi connectivity index (χ1n) is 6.25. The lowest BCUT2D eigenvalue weighted by atomic mass is 9.99. The van der Waals surface area contributed by atoms with Crippen molar-refractivity contribution >= 4 is 11.9 Å². The first kappa shape index (κ1) is 13.3. The van der Waals surface area contributed by atoms with Gasteiger partial charge in [-0.3, -0.25) is 14.5 Å². The number of carbonyl (C=O) groups is 2. The highest BCUT2D eigenvalue weighted by atomic mass is 16.6. The summed E-state index contributed by atoms with van der Waals surface area (Å²) in [7, 11) is 0. The third-order valence-electron chi connectivity index (χ3n) is 3.21. The standard InChI is InChI=1S/C12H19NO5/c1-12(3-2-10(14)17-9-12)18-11(15)8-13-4-6-16-7-5-13/h2-9H2,1H3. The minimum absolute atomic E-state index is 0.153. The van der Waals surface area contributed by atoms with Crippen molar-refractivity contribution in [1.29, 1.82) is 0 Å². The van der Waals surface area contributed by atoms with Gasteiger partial charge in [-0.1, -0.05) is 0 Å². The van der Waals surface area contributed by atoms with Gasteiger partial charge in [0.1, 0.15) is 12.2 Å². The molecule has 0 saturated carbocycles. The van der Waals surface area contributed by atoms with Gasteiger partial charge in [0, 0.05) is 25.9 Å². The van der Waals surface area contributed by atoms with E-state index in [0.717, 1.165) is 13.1 Å². The Morgan fingerprint density at radius 1 is 1.44 bits per heavy atom. The number of morpholine rings is 1. The van der Waals surface area contributed by atoms with E-state index in [2.05, 4.69) is 0 Å². The van der Waals surface area contributed by atoms with Crippen molar-refractivity contribution in [2.75, 3.05) is 39.5 Å². The second-order valence-corrected chi connectivity index (χ2v) is 4.97. The van der Waals surface area contributed by atoms with Gasteiger partial charge in [-0.25, -0.2) is 0 Å². The first-order chi connectivity index (χ1) is 8.57. The van der Waals surface area contributed by atoms with E-state index in [9.17, 15) is 9.59 Å². The van der Waals surface area contributed by atoms with Gasteiger partial charge in [0.25, 0.3) is 0 Å². The number of nitrogens with zero attached hydrogens (tertiary/aromatic N) is 1. The Hall–Kier alpha value is -1.14. The van der Waals surface area contributed by atoms with Gasteiger partial charge >= 0.3 is 11.9 Å². The fourth-order valence-electron chi connectivity index (χ4n) is 2.07. The summed E-state index contributed by atoms with van der Waals surface area (Å²) in [6, 6.07) is 0. The molecule has 1 atom stereocenters. The van der Waals surface area contributed by atoms with E-state index in [4.69, 9.17) is 14.2 Å². The Labute approximate surface area is 106 Å². The quantitative estimate of drug-likeness (QED) is 0.661. The monoisotopic (exact) mass is 257 g/mol. The third-order valence-corrected chi connectivity index (χ3v) is 3.21. The molecular formula is C12H19NO5. The van der Waals surface area contributed by atoms with Gasteiger partial charge in [-0.15, -0.1) is 0 Å². The molecule has 2 rings (SSSR count). The Balaban J connectivity index is 1.77. The normalized spacial score (nSPS) is 29.7. The molecule has 2 aliphatic heterocycles. The van der Waals surface area contributed by atoms with Crippen molar-refractivity contribution in [3.63, 3.8) is 0 Å². The van der Waals surface area contributed by atoms with Crippen molar-refractivity contribution < 1.29 is 23.8 Å². The van der Waals surface area contributed by atoms with E-state index in [-0.39, 0.29) is 25.1 Å². The van der Waals surface area contributed by atoms with E-state index >= 15 is 0 Å². The molecule has 0 aromatic heterocycles. The largest absolute Gasteiger partial charge is 0.461 e. The molecule has 0 aromatic rings. The predicted octanol–water partition coefficient (Wildman–Crippen LogP) is -0.0425. The number of hydrogen-bond donors (Lipinski definition) is 0. The summed E-state index contributed by atoms with van der Waals surface area (Å²) in [6.07, 6.45) is 0.835. The van der Waals surface area contributed by atoms with Gasteiger partial charge in [0.15, 0.2) is 0 Å². The molecule has 6 nitrogen and oxygen atoms in total. The molecule has 18 heavy (non-hydrogen) atoms. The smallest absolute Gasteiger partial charge is 0.320 e. The Morgan fingerprint density at radius 3 is 2.78 bits per heavy atom. The van der Waals surface area contributed by atoms with Crippen LogP contribution in [-0.2, 0) is 23.8 Å². The second kappa shape index (κ2) is 5.67. The zero-order valence-corrected chi connectivity index (χ0v) is 10.6. The number of cyclic esters (lactones) is 1. The topological polar surface area (TPSA) is 65.1 Å². The van der Waals surface area contributed by atoms with Crippen LogP contribution in [0.5, 0.6) is 0 Å². The van der Waals surface area contributed by atoms with Crippen LogP contribution < -0.4 is 0 Å². The molecule has 2 aliphatic rings. The molecule has 1 unspecified atom stereocenters. The van der Waals surface area contributed by atoms with Crippen molar-refractivity contribution in [3.05, 3.63) is 0 Å². The maximum Gasteiger partial charge on any atom is 0.320 e. The van der Waals surface area contributed by atoms with Crippen LogP contribution in [0.25, 0.3) is 0 Å². The van der Waals surface area contributed by atoms with Crippen molar-refractivity contribution in [3.8, 4) is 0 Å². The zero-order chi connectivity index (χ0) is 13.0. The Morgan fingerprint density at radius 2 is 2.17 bits per heavy atom. The molecule has 0 aromatic carbocycles. The molecule has 0 N–H and O–H groups in total. The summed E-state index contributed by atoms with van der Waals surface area (Å²) >= 11 is 0. The summed E-state index contributed by atoms with van der Waals surface area (Å²) in [5.41, 5.74) is -0.669. The molecule has 102 valence electrons. The Kier molecular flexibility index (Phi) is 4.19. The number of carbonyl (C=O) groups excluding carboxylic acids is 2. The van der Waals surface area contributed by atoms with Crippen LogP contribution in [0, 0.1) is 0 Å². The molecule has 6 heteroatoms. The van der Waals surface area contributed by atoms with Crippen LogP contribution in [-0.4, -0.2) is 61.9 Å². The Bertz CT molecular complexity index is 314. The lowest BCUT2D eigenvalue weighted by molar-refractivity contribution is -0.181. The molecular weight excluding hydrogens is 238 g/mol. The van der Waals surface area contributed by atoms with Crippen molar-refractivity contribution in [2.45, 2.75) is 25.4 Å². The average molecular weight is 257 g/mol. The zero-order valence-electron chi connectivity index (χ0n) is 10.6. The van der Waals surface area contributed by atoms with Gasteiger partial charge in [0.05, 0.1) is 19.8 Å². The molecule has 2 saturated heterocycles. The van der Waals surface area contributed by atoms with Crippen molar-refractivity contribution in [2.24, 2.45) is 0 Å². The average Bonchev–Trinajstić information content (AvgIpc) is 2.34. The summed E-state index contributed by atoms with van der Waals surface area (Å²) in [4.78, 5) is 24.8. The maximum absolute atomic E-state index is 11.8.